The molecule has 0 aromatic rings. The van der Waals surface area contributed by atoms with Crippen molar-refractivity contribution < 1.29 is 14.3 Å². The number of likely N-dealkylation sites (tertiary alicyclic amines) is 1. The number of esters is 1. The van der Waals surface area contributed by atoms with Crippen LogP contribution in [0.15, 0.2) is 12.2 Å². The van der Waals surface area contributed by atoms with E-state index in [0.717, 1.165) is 25.7 Å². The van der Waals surface area contributed by atoms with Gasteiger partial charge in [-0.05, 0) is 25.3 Å². The van der Waals surface area contributed by atoms with Gasteiger partial charge in [-0.15, -0.1) is 0 Å². The number of amides is 1. The van der Waals surface area contributed by atoms with Gasteiger partial charge in [-0.1, -0.05) is 35.7 Å². The molecule has 3 aliphatic rings. The Morgan fingerprint density at radius 3 is 2.72 bits per heavy atom. The van der Waals surface area contributed by atoms with Crippen molar-refractivity contribution in [3.63, 3.8) is 0 Å². The van der Waals surface area contributed by atoms with Gasteiger partial charge in [-0.25, -0.2) is 4.79 Å². The van der Waals surface area contributed by atoms with Crippen molar-refractivity contribution in [2.75, 3.05) is 0 Å². The number of hydrogen-bond donors (Lipinski definition) is 0. The predicted molar refractivity (Wildman–Crippen MR) is 69.0 cm³/mol. The molecule has 0 aromatic carbocycles. The Morgan fingerprint density at radius 1 is 1.50 bits per heavy atom. The molecule has 0 N–H and O–H groups in total. The number of carbonyl (C=O) groups is 2. The van der Waals surface area contributed by atoms with E-state index in [9.17, 15) is 9.59 Å². The van der Waals surface area contributed by atoms with Crippen molar-refractivity contribution in [2.24, 2.45) is 0 Å². The summed E-state index contributed by atoms with van der Waals surface area (Å²) < 4.78 is 4.74. The average Bonchev–Trinajstić information content (AvgIpc) is 3.09. The van der Waals surface area contributed by atoms with Gasteiger partial charge in [0.2, 0.25) is 11.6 Å². The van der Waals surface area contributed by atoms with Crippen LogP contribution in [0, 0.1) is 0 Å². The molecule has 2 fully saturated rings. The second-order valence-electron chi connectivity index (χ2n) is 5.26. The van der Waals surface area contributed by atoms with E-state index in [4.69, 9.17) is 4.74 Å². The number of nitrogens with zero attached hydrogens (tertiary/aromatic N) is 1. The molecule has 2 aliphatic heterocycles. The SMILES string of the molecule is CCCC[C@]1(Br)C(=O)N(C2CC2)[C@]12C=CC(=O)O2. The monoisotopic (exact) mass is 313 g/mol. The quantitative estimate of drug-likeness (QED) is 0.454. The third-order valence-corrected chi connectivity index (χ3v) is 5.28. The molecule has 2 heterocycles. The number of halogens is 1. The Balaban J connectivity index is 1.91. The Kier molecular flexibility index (Phi) is 2.59. The molecule has 5 heteroatoms. The molecule has 2 atom stereocenters. The number of hydrogen-bond acceptors (Lipinski definition) is 3. The molecule has 1 saturated carbocycles. The Hall–Kier alpha value is -0.840. The van der Waals surface area contributed by atoms with E-state index in [1.807, 2.05) is 0 Å². The summed E-state index contributed by atoms with van der Waals surface area (Å²) in [4.78, 5) is 25.6. The van der Waals surface area contributed by atoms with Crippen molar-refractivity contribution in [3.8, 4) is 0 Å². The summed E-state index contributed by atoms with van der Waals surface area (Å²) in [7, 11) is 0. The van der Waals surface area contributed by atoms with E-state index < -0.39 is 10.0 Å². The standard InChI is InChI=1S/C13H16BrNO3/c1-2-3-7-12(14)11(17)15(9-4-5-9)13(12)8-6-10(16)18-13/h6,8-9H,2-5,7H2,1H3/t12-,13-/m0/s1. The van der Waals surface area contributed by atoms with Crippen molar-refractivity contribution in [1.82, 2.24) is 4.90 Å². The molecule has 0 unspecified atom stereocenters. The Morgan fingerprint density at radius 2 is 2.22 bits per heavy atom. The van der Waals surface area contributed by atoms with Crippen LogP contribution in [0.4, 0.5) is 0 Å². The van der Waals surface area contributed by atoms with Gasteiger partial charge in [-0.2, -0.15) is 0 Å². The highest BCUT2D eigenvalue weighted by Gasteiger charge is 2.75. The third-order valence-electron chi connectivity index (χ3n) is 3.97. The molecule has 3 rings (SSSR count). The van der Waals surface area contributed by atoms with Gasteiger partial charge in [0.15, 0.2) is 4.32 Å². The van der Waals surface area contributed by atoms with Crippen LogP contribution in [0.3, 0.4) is 0 Å². The summed E-state index contributed by atoms with van der Waals surface area (Å²) in [5.41, 5.74) is -0.864. The van der Waals surface area contributed by atoms with Crippen LogP contribution in [0.5, 0.6) is 0 Å². The van der Waals surface area contributed by atoms with Gasteiger partial charge in [0, 0.05) is 12.1 Å². The molecule has 1 saturated heterocycles. The summed E-state index contributed by atoms with van der Waals surface area (Å²) >= 11 is 3.56. The molecule has 4 nitrogen and oxygen atoms in total. The zero-order chi connectivity index (χ0) is 13.0. The van der Waals surface area contributed by atoms with Crippen molar-refractivity contribution in [2.45, 2.75) is 55.1 Å². The fourth-order valence-electron chi connectivity index (χ4n) is 2.85. The van der Waals surface area contributed by atoms with Gasteiger partial charge in [0.1, 0.15) is 0 Å². The van der Waals surface area contributed by atoms with E-state index in [1.54, 1.807) is 11.0 Å². The first-order chi connectivity index (χ1) is 8.55. The molecule has 1 spiro atoms. The summed E-state index contributed by atoms with van der Waals surface area (Å²) in [6.07, 6.45) is 7.85. The van der Waals surface area contributed by atoms with E-state index in [0.29, 0.717) is 6.42 Å². The number of β-lactam (4-membered cyclic amide) rings is 1. The third kappa shape index (κ3) is 1.37. The minimum Gasteiger partial charge on any atom is -0.430 e. The maximum atomic E-state index is 12.4. The lowest BCUT2D eigenvalue weighted by atomic mass is 9.79. The highest BCUT2D eigenvalue weighted by atomic mass is 79.9. The summed E-state index contributed by atoms with van der Waals surface area (Å²) in [6.45, 7) is 2.08. The van der Waals surface area contributed by atoms with E-state index >= 15 is 0 Å². The van der Waals surface area contributed by atoms with E-state index in [2.05, 4.69) is 22.9 Å². The van der Waals surface area contributed by atoms with Crippen LogP contribution in [0.2, 0.25) is 0 Å². The molecule has 98 valence electrons. The van der Waals surface area contributed by atoms with Gasteiger partial charge in [0.05, 0.1) is 0 Å². The first kappa shape index (κ1) is 12.2. The summed E-state index contributed by atoms with van der Waals surface area (Å²) in [6, 6.07) is 0.250. The molecule has 1 aliphatic carbocycles. The smallest absolute Gasteiger partial charge is 0.333 e. The topological polar surface area (TPSA) is 46.6 Å². The van der Waals surface area contributed by atoms with Crippen LogP contribution in [-0.2, 0) is 14.3 Å². The number of carbonyl (C=O) groups excluding carboxylic acids is 2. The van der Waals surface area contributed by atoms with E-state index in [1.165, 1.54) is 6.08 Å². The molecule has 0 bridgehead atoms. The summed E-state index contributed by atoms with van der Waals surface area (Å²) in [5, 5.41) is 0. The van der Waals surface area contributed by atoms with Crippen LogP contribution < -0.4 is 0 Å². The predicted octanol–water partition coefficient (Wildman–Crippen LogP) is 2.12. The Labute approximate surface area is 114 Å². The lowest BCUT2D eigenvalue weighted by molar-refractivity contribution is -0.210. The fraction of sp³-hybridized carbons (Fsp3) is 0.692. The van der Waals surface area contributed by atoms with Gasteiger partial charge in [0.25, 0.3) is 0 Å². The zero-order valence-electron chi connectivity index (χ0n) is 10.3. The lowest BCUT2D eigenvalue weighted by Gasteiger charge is -2.58. The van der Waals surface area contributed by atoms with Crippen LogP contribution in [-0.4, -0.2) is 32.9 Å². The number of rotatable bonds is 4. The van der Waals surface area contributed by atoms with Crippen molar-refractivity contribution in [3.05, 3.63) is 12.2 Å². The molecule has 1 amide bonds. The molecular formula is C13H16BrNO3. The van der Waals surface area contributed by atoms with Crippen LogP contribution >= 0.6 is 15.9 Å². The van der Waals surface area contributed by atoms with Crippen molar-refractivity contribution >= 4 is 27.8 Å². The molecule has 0 radical (unpaired) electrons. The van der Waals surface area contributed by atoms with Crippen LogP contribution in [0.1, 0.15) is 39.0 Å². The number of ether oxygens (including phenoxy) is 1. The summed E-state index contributed by atoms with van der Waals surface area (Å²) in [5.74, 6) is -0.286. The minimum absolute atomic E-state index is 0.0674. The average molecular weight is 314 g/mol. The largest absolute Gasteiger partial charge is 0.430 e. The normalized spacial score (nSPS) is 38.2. The second-order valence-corrected chi connectivity index (χ2v) is 6.62. The van der Waals surface area contributed by atoms with Crippen molar-refractivity contribution in [1.29, 1.82) is 0 Å². The molecule has 18 heavy (non-hydrogen) atoms. The fourth-order valence-corrected chi connectivity index (χ4v) is 3.73. The highest BCUT2D eigenvalue weighted by Crippen LogP contribution is 2.57. The highest BCUT2D eigenvalue weighted by molar-refractivity contribution is 9.10. The maximum Gasteiger partial charge on any atom is 0.333 e. The lowest BCUT2D eigenvalue weighted by Crippen LogP contribution is -2.79. The van der Waals surface area contributed by atoms with E-state index in [-0.39, 0.29) is 17.9 Å². The number of unbranched alkanes of at least 4 members (excludes halogenated alkanes) is 1. The van der Waals surface area contributed by atoms with Gasteiger partial charge < -0.3 is 4.74 Å². The zero-order valence-corrected chi connectivity index (χ0v) is 11.9. The minimum atomic E-state index is -0.864. The van der Waals surface area contributed by atoms with Crippen LogP contribution in [0.25, 0.3) is 0 Å². The molecular weight excluding hydrogens is 298 g/mol. The second kappa shape index (κ2) is 3.83. The first-order valence-electron chi connectivity index (χ1n) is 6.50. The number of alkyl halides is 1. The van der Waals surface area contributed by atoms with Gasteiger partial charge >= 0.3 is 5.97 Å². The van der Waals surface area contributed by atoms with Gasteiger partial charge in [-0.3, -0.25) is 9.69 Å². The maximum absolute atomic E-state index is 12.4. The molecule has 0 aromatic heterocycles. The Bertz CT molecular complexity index is 446. The first-order valence-corrected chi connectivity index (χ1v) is 7.29.